The molecular weight excluding hydrogens is 363 g/mol. The Morgan fingerprint density at radius 3 is 2.61 bits per heavy atom. The van der Waals surface area contributed by atoms with Crippen LogP contribution in [-0.4, -0.2) is 34.5 Å². The molecule has 0 aliphatic carbocycles. The summed E-state index contributed by atoms with van der Waals surface area (Å²) in [6, 6.07) is 2.46. The first-order chi connectivity index (χ1) is 10.7. The summed E-state index contributed by atoms with van der Waals surface area (Å²) < 4.78 is 40.5. The van der Waals surface area contributed by atoms with Crippen molar-refractivity contribution < 1.29 is 12.8 Å². The van der Waals surface area contributed by atoms with Gasteiger partial charge in [-0.2, -0.15) is 0 Å². The predicted octanol–water partition coefficient (Wildman–Crippen LogP) is 2.52. The summed E-state index contributed by atoms with van der Waals surface area (Å²) >= 11 is 7.09. The highest BCUT2D eigenvalue weighted by Gasteiger charge is 2.21. The van der Waals surface area contributed by atoms with E-state index in [4.69, 9.17) is 11.6 Å². The summed E-state index contributed by atoms with van der Waals surface area (Å²) in [6.45, 7) is 0.399. The number of thiazole rings is 1. The number of hydrogen-bond acceptors (Lipinski definition) is 6. The van der Waals surface area contributed by atoms with Gasteiger partial charge in [0.1, 0.15) is 10.7 Å². The van der Waals surface area contributed by atoms with Gasteiger partial charge in [-0.15, -0.1) is 11.3 Å². The molecule has 0 aliphatic heterocycles. The van der Waals surface area contributed by atoms with Crippen LogP contribution in [0.4, 0.5) is 15.8 Å². The fraction of sp³-hybridized carbons (Fsp3) is 0.308. The normalized spacial score (nSPS) is 11.5. The molecular formula is C13H16ClFN4O2S2. The van der Waals surface area contributed by atoms with Gasteiger partial charge in [-0.3, -0.25) is 0 Å². The van der Waals surface area contributed by atoms with Crippen LogP contribution < -0.4 is 14.9 Å². The van der Waals surface area contributed by atoms with Crippen LogP contribution in [0, 0.1) is 5.82 Å². The molecule has 2 aromatic rings. The number of halogens is 2. The van der Waals surface area contributed by atoms with Crippen molar-refractivity contribution in [1.82, 2.24) is 9.71 Å². The Bertz CT molecular complexity index is 808. The number of nitrogens with one attached hydrogen (secondary N) is 2. The van der Waals surface area contributed by atoms with Crippen molar-refractivity contribution in [2.24, 2.45) is 0 Å². The third-order valence-electron chi connectivity index (χ3n) is 3.07. The van der Waals surface area contributed by atoms with Crippen molar-refractivity contribution in [2.75, 3.05) is 31.4 Å². The Morgan fingerprint density at radius 2 is 2.09 bits per heavy atom. The quantitative estimate of drug-likeness (QED) is 0.808. The summed E-state index contributed by atoms with van der Waals surface area (Å²) in [5, 5.41) is 3.10. The minimum atomic E-state index is -3.89. The topological polar surface area (TPSA) is 74.3 Å². The van der Waals surface area contributed by atoms with Gasteiger partial charge in [0.25, 0.3) is 0 Å². The lowest BCUT2D eigenvalue weighted by Gasteiger charge is -2.20. The molecule has 0 fully saturated rings. The van der Waals surface area contributed by atoms with Crippen LogP contribution in [0.15, 0.2) is 23.2 Å². The summed E-state index contributed by atoms with van der Waals surface area (Å²) in [5.41, 5.74) is 1.03. The van der Waals surface area contributed by atoms with Crippen LogP contribution in [0.1, 0.15) is 4.88 Å². The van der Waals surface area contributed by atoms with Crippen molar-refractivity contribution >= 4 is 44.3 Å². The Kier molecular flexibility index (Phi) is 5.45. The number of nitrogens with zero attached hydrogens (tertiary/aromatic N) is 2. The van der Waals surface area contributed by atoms with E-state index in [1.807, 2.05) is 0 Å². The summed E-state index contributed by atoms with van der Waals surface area (Å²) in [6.07, 6.45) is 1.63. The van der Waals surface area contributed by atoms with Crippen molar-refractivity contribution in [3.05, 3.63) is 33.5 Å². The van der Waals surface area contributed by atoms with E-state index in [1.165, 1.54) is 30.5 Å². The molecule has 0 amide bonds. The minimum absolute atomic E-state index is 0.399. The molecule has 23 heavy (non-hydrogen) atoms. The molecule has 126 valence electrons. The highest BCUT2D eigenvalue weighted by atomic mass is 35.5. The number of anilines is 2. The second kappa shape index (κ2) is 7.00. The molecule has 6 nitrogen and oxygen atoms in total. The monoisotopic (exact) mass is 378 g/mol. The van der Waals surface area contributed by atoms with Crippen LogP contribution in [0.2, 0.25) is 4.47 Å². The maximum Gasteiger partial charge on any atom is 0.243 e. The first kappa shape index (κ1) is 17.9. The zero-order valence-electron chi connectivity index (χ0n) is 12.7. The van der Waals surface area contributed by atoms with E-state index in [-0.39, 0.29) is 0 Å². The van der Waals surface area contributed by atoms with Gasteiger partial charge in [0.15, 0.2) is 4.47 Å². The minimum Gasteiger partial charge on any atom is -0.378 e. The Balaban J connectivity index is 2.40. The average molecular weight is 379 g/mol. The Labute approximate surface area is 143 Å². The van der Waals surface area contributed by atoms with Crippen LogP contribution in [-0.2, 0) is 16.6 Å². The van der Waals surface area contributed by atoms with E-state index < -0.39 is 20.7 Å². The van der Waals surface area contributed by atoms with Crippen LogP contribution >= 0.6 is 22.9 Å². The van der Waals surface area contributed by atoms with Crippen LogP contribution in [0.3, 0.4) is 0 Å². The molecule has 0 aliphatic rings. The van der Waals surface area contributed by atoms with Gasteiger partial charge < -0.3 is 10.2 Å². The largest absolute Gasteiger partial charge is 0.378 e. The molecule has 0 unspecified atom stereocenters. The third kappa shape index (κ3) is 4.11. The van der Waals surface area contributed by atoms with Crippen molar-refractivity contribution in [3.63, 3.8) is 0 Å². The molecule has 0 saturated heterocycles. The molecule has 1 heterocycles. The summed E-state index contributed by atoms with van der Waals surface area (Å²) in [4.78, 5) is 6.10. The first-order valence-corrected chi connectivity index (χ1v) is 9.21. The predicted molar refractivity (Wildman–Crippen MR) is 91.4 cm³/mol. The van der Waals surface area contributed by atoms with E-state index in [0.717, 1.165) is 4.88 Å². The van der Waals surface area contributed by atoms with Gasteiger partial charge in [0.2, 0.25) is 10.0 Å². The molecule has 1 aromatic heterocycles. The fourth-order valence-electron chi connectivity index (χ4n) is 1.92. The summed E-state index contributed by atoms with van der Waals surface area (Å²) in [7, 11) is 0.842. The lowest BCUT2D eigenvalue weighted by Crippen LogP contribution is -2.21. The lowest BCUT2D eigenvalue weighted by atomic mass is 10.2. The third-order valence-corrected chi connectivity index (χ3v) is 5.61. The highest BCUT2D eigenvalue weighted by molar-refractivity contribution is 7.89. The molecule has 0 bridgehead atoms. The maximum absolute atomic E-state index is 14.1. The average Bonchev–Trinajstić information content (AvgIpc) is 2.90. The fourth-order valence-corrected chi connectivity index (χ4v) is 3.64. The van der Waals surface area contributed by atoms with E-state index in [0.29, 0.717) is 22.4 Å². The van der Waals surface area contributed by atoms with Gasteiger partial charge in [-0.05, 0) is 13.1 Å². The van der Waals surface area contributed by atoms with Crippen molar-refractivity contribution in [3.8, 4) is 0 Å². The van der Waals surface area contributed by atoms with Crippen LogP contribution in [0.25, 0.3) is 0 Å². The van der Waals surface area contributed by atoms with E-state index >= 15 is 0 Å². The van der Waals surface area contributed by atoms with Crippen LogP contribution in [0.5, 0.6) is 0 Å². The number of rotatable bonds is 6. The molecule has 10 heteroatoms. The lowest BCUT2D eigenvalue weighted by molar-refractivity contribution is 0.561. The standard InChI is InChI=1S/C13H16ClFN4O2S2/c1-16-23(20,21)12-5-10(11(19(2)3)4-9(12)15)17-6-8-7-18-13(14)22-8/h4-5,7,16-17H,6H2,1-3H3. The smallest absolute Gasteiger partial charge is 0.243 e. The molecule has 0 spiro atoms. The van der Waals surface area contributed by atoms with Crippen molar-refractivity contribution in [1.29, 1.82) is 0 Å². The Hall–Kier alpha value is -1.42. The van der Waals surface area contributed by atoms with Gasteiger partial charge in [-0.1, -0.05) is 11.6 Å². The van der Waals surface area contributed by atoms with Gasteiger partial charge >= 0.3 is 0 Å². The number of hydrogen-bond donors (Lipinski definition) is 2. The molecule has 0 atom stereocenters. The SMILES string of the molecule is CNS(=O)(=O)c1cc(NCc2cnc(Cl)s2)c(N(C)C)cc1F. The molecule has 0 radical (unpaired) electrons. The van der Waals surface area contributed by atoms with E-state index in [9.17, 15) is 12.8 Å². The molecule has 2 rings (SSSR count). The highest BCUT2D eigenvalue weighted by Crippen LogP contribution is 2.31. The summed E-state index contributed by atoms with van der Waals surface area (Å²) in [5.74, 6) is -0.811. The second-order valence-corrected chi connectivity index (χ2v) is 8.39. The molecule has 2 N–H and O–H groups in total. The van der Waals surface area contributed by atoms with Gasteiger partial charge in [0, 0.05) is 31.2 Å². The second-order valence-electron chi connectivity index (χ2n) is 4.83. The zero-order chi connectivity index (χ0) is 17.2. The van der Waals surface area contributed by atoms with Crippen molar-refractivity contribution in [2.45, 2.75) is 11.4 Å². The number of benzene rings is 1. The number of aromatic nitrogens is 1. The maximum atomic E-state index is 14.1. The Morgan fingerprint density at radius 1 is 1.39 bits per heavy atom. The van der Waals surface area contributed by atoms with E-state index in [2.05, 4.69) is 15.0 Å². The van der Waals surface area contributed by atoms with Gasteiger partial charge in [-0.25, -0.2) is 22.5 Å². The first-order valence-electron chi connectivity index (χ1n) is 6.53. The zero-order valence-corrected chi connectivity index (χ0v) is 15.1. The molecule has 0 saturated carbocycles. The van der Waals surface area contributed by atoms with E-state index in [1.54, 1.807) is 25.2 Å². The van der Waals surface area contributed by atoms with Gasteiger partial charge in [0.05, 0.1) is 17.9 Å². The number of sulfonamides is 1. The molecule has 1 aromatic carbocycles.